The van der Waals surface area contributed by atoms with Crippen molar-refractivity contribution in [2.75, 3.05) is 0 Å². The fraction of sp³-hybridized carbons (Fsp3) is 0.208. The molecular weight excluding hydrogens is 362 g/mol. The summed E-state index contributed by atoms with van der Waals surface area (Å²) in [6.45, 7) is 2.87. The second-order valence-corrected chi connectivity index (χ2v) is 7.17. The van der Waals surface area contributed by atoms with E-state index in [1.807, 2.05) is 42.5 Å². The molecule has 2 aromatic carbocycles. The summed E-state index contributed by atoms with van der Waals surface area (Å²) in [5, 5.41) is 2.96. The molecule has 1 aromatic heterocycles. The van der Waals surface area contributed by atoms with E-state index in [-0.39, 0.29) is 11.8 Å². The molecule has 4 rings (SSSR count). The molecule has 146 valence electrons. The Hall–Kier alpha value is -3.47. The summed E-state index contributed by atoms with van der Waals surface area (Å²) in [5.41, 5.74) is 4.52. The van der Waals surface area contributed by atoms with E-state index < -0.39 is 6.04 Å². The van der Waals surface area contributed by atoms with Gasteiger partial charge in [-0.05, 0) is 40.8 Å². The number of nitrogens with one attached hydrogen (secondary N) is 1. The molecule has 1 N–H and O–H groups in total. The number of carbonyl (C=O) groups excluding carboxylic acids is 2. The highest BCUT2D eigenvalue weighted by Gasteiger charge is 2.40. The number of benzene rings is 2. The zero-order chi connectivity index (χ0) is 20.2. The Balaban J connectivity index is 1.58. The van der Waals surface area contributed by atoms with Crippen molar-refractivity contribution < 1.29 is 9.59 Å². The lowest BCUT2D eigenvalue weighted by molar-refractivity contribution is -0.125. The van der Waals surface area contributed by atoms with Crippen molar-refractivity contribution in [3.05, 3.63) is 101 Å². The van der Waals surface area contributed by atoms with Gasteiger partial charge in [0, 0.05) is 31.0 Å². The summed E-state index contributed by atoms with van der Waals surface area (Å²) in [4.78, 5) is 31.9. The number of aryl methyl sites for hydroxylation is 1. The molecule has 1 aliphatic rings. The molecule has 0 aliphatic carbocycles. The van der Waals surface area contributed by atoms with Gasteiger partial charge in [-0.15, -0.1) is 0 Å². The van der Waals surface area contributed by atoms with Crippen LogP contribution in [0.1, 0.15) is 45.6 Å². The van der Waals surface area contributed by atoms with Gasteiger partial charge in [-0.25, -0.2) is 0 Å². The van der Waals surface area contributed by atoms with Crippen LogP contribution in [0.3, 0.4) is 0 Å². The van der Waals surface area contributed by atoms with Crippen LogP contribution in [0.15, 0.2) is 73.1 Å². The predicted octanol–water partition coefficient (Wildman–Crippen LogP) is 3.66. The van der Waals surface area contributed by atoms with E-state index in [0.29, 0.717) is 18.7 Å². The van der Waals surface area contributed by atoms with Gasteiger partial charge in [0.05, 0.1) is 0 Å². The van der Waals surface area contributed by atoms with Gasteiger partial charge in [-0.1, -0.05) is 55.5 Å². The van der Waals surface area contributed by atoms with Gasteiger partial charge >= 0.3 is 0 Å². The van der Waals surface area contributed by atoms with Crippen molar-refractivity contribution in [1.82, 2.24) is 15.2 Å². The van der Waals surface area contributed by atoms with Gasteiger partial charge in [-0.2, -0.15) is 0 Å². The Morgan fingerprint density at radius 2 is 1.76 bits per heavy atom. The number of amides is 2. The Morgan fingerprint density at radius 1 is 1.00 bits per heavy atom. The lowest BCUT2D eigenvalue weighted by atomic mass is 10.0. The minimum absolute atomic E-state index is 0.110. The molecule has 5 nitrogen and oxygen atoms in total. The number of aromatic nitrogens is 1. The van der Waals surface area contributed by atoms with E-state index in [1.165, 1.54) is 5.56 Å². The smallest absolute Gasteiger partial charge is 0.255 e. The Bertz CT molecular complexity index is 1020. The largest absolute Gasteiger partial charge is 0.350 e. The van der Waals surface area contributed by atoms with E-state index in [9.17, 15) is 9.59 Å². The molecule has 1 atom stereocenters. The lowest BCUT2D eigenvalue weighted by Crippen LogP contribution is -2.38. The topological polar surface area (TPSA) is 62.3 Å². The number of carbonyl (C=O) groups is 2. The number of rotatable bonds is 6. The van der Waals surface area contributed by atoms with Gasteiger partial charge in [0.15, 0.2) is 0 Å². The second kappa shape index (κ2) is 8.27. The molecule has 3 aromatic rings. The molecule has 2 heterocycles. The van der Waals surface area contributed by atoms with Crippen LogP contribution in [0.25, 0.3) is 0 Å². The first-order chi connectivity index (χ1) is 14.2. The average Bonchev–Trinajstić information content (AvgIpc) is 3.05. The van der Waals surface area contributed by atoms with Crippen LogP contribution in [0.2, 0.25) is 0 Å². The highest BCUT2D eigenvalue weighted by atomic mass is 16.2. The molecule has 0 unspecified atom stereocenters. The molecule has 29 heavy (non-hydrogen) atoms. The van der Waals surface area contributed by atoms with Crippen LogP contribution in [0, 0.1) is 0 Å². The van der Waals surface area contributed by atoms with E-state index in [2.05, 4.69) is 29.4 Å². The molecule has 0 saturated heterocycles. The maximum Gasteiger partial charge on any atom is 0.255 e. The van der Waals surface area contributed by atoms with E-state index in [4.69, 9.17) is 0 Å². The fourth-order valence-corrected chi connectivity index (χ4v) is 3.68. The summed E-state index contributed by atoms with van der Waals surface area (Å²) in [7, 11) is 0. The van der Waals surface area contributed by atoms with Crippen molar-refractivity contribution in [3.63, 3.8) is 0 Å². The van der Waals surface area contributed by atoms with Crippen LogP contribution >= 0.6 is 0 Å². The fourth-order valence-electron chi connectivity index (χ4n) is 3.68. The SMILES string of the molecule is CCc1ccc(CN2C(=O)c3ccccc3[C@H]2C(=O)NCc2cccnc2)cc1. The molecular formula is C24H23N3O2. The number of nitrogens with zero attached hydrogens (tertiary/aromatic N) is 2. The van der Waals surface area contributed by atoms with E-state index in [1.54, 1.807) is 23.4 Å². The third kappa shape index (κ3) is 3.90. The van der Waals surface area contributed by atoms with Crippen LogP contribution in [-0.4, -0.2) is 21.7 Å². The molecule has 2 amide bonds. The molecule has 0 saturated carbocycles. The Kier molecular flexibility index (Phi) is 5.38. The molecule has 0 bridgehead atoms. The summed E-state index contributed by atoms with van der Waals surface area (Å²) in [6.07, 6.45) is 4.39. The minimum Gasteiger partial charge on any atom is -0.350 e. The molecule has 1 aliphatic heterocycles. The molecule has 5 heteroatoms. The molecule has 0 fully saturated rings. The summed E-state index contributed by atoms with van der Waals surface area (Å²) < 4.78 is 0. The van der Waals surface area contributed by atoms with Crippen LogP contribution in [-0.2, 0) is 24.3 Å². The van der Waals surface area contributed by atoms with Crippen molar-refractivity contribution in [2.45, 2.75) is 32.5 Å². The van der Waals surface area contributed by atoms with Crippen LogP contribution in [0.5, 0.6) is 0 Å². The summed E-state index contributed by atoms with van der Waals surface area (Å²) in [5.74, 6) is -0.293. The number of pyridine rings is 1. The number of fused-ring (bicyclic) bond motifs is 1. The molecule has 0 spiro atoms. The average molecular weight is 385 g/mol. The van der Waals surface area contributed by atoms with E-state index >= 15 is 0 Å². The normalized spacial score (nSPS) is 15.3. The number of hydrogen-bond donors (Lipinski definition) is 1. The summed E-state index contributed by atoms with van der Waals surface area (Å²) in [6, 6.07) is 18.7. The van der Waals surface area contributed by atoms with Crippen molar-refractivity contribution in [1.29, 1.82) is 0 Å². The third-order valence-corrected chi connectivity index (χ3v) is 5.28. The van der Waals surface area contributed by atoms with Crippen LogP contribution < -0.4 is 5.32 Å². The summed E-state index contributed by atoms with van der Waals surface area (Å²) >= 11 is 0. The maximum absolute atomic E-state index is 13.1. The van der Waals surface area contributed by atoms with Gasteiger partial charge < -0.3 is 10.2 Å². The minimum atomic E-state index is -0.638. The highest BCUT2D eigenvalue weighted by Crippen LogP contribution is 2.35. The zero-order valence-corrected chi connectivity index (χ0v) is 16.3. The predicted molar refractivity (Wildman–Crippen MR) is 111 cm³/mol. The van der Waals surface area contributed by atoms with Gasteiger partial charge in [0.25, 0.3) is 5.91 Å². The quantitative estimate of drug-likeness (QED) is 0.704. The van der Waals surface area contributed by atoms with Crippen LogP contribution in [0.4, 0.5) is 0 Å². The van der Waals surface area contributed by atoms with Crippen molar-refractivity contribution in [3.8, 4) is 0 Å². The Labute approximate surface area is 170 Å². The van der Waals surface area contributed by atoms with Crippen molar-refractivity contribution >= 4 is 11.8 Å². The third-order valence-electron chi connectivity index (χ3n) is 5.28. The first kappa shape index (κ1) is 18.9. The monoisotopic (exact) mass is 385 g/mol. The standard InChI is InChI=1S/C24H23N3O2/c1-2-17-9-11-18(12-10-17)16-27-22(20-7-3-4-8-21(20)24(27)29)23(28)26-15-19-6-5-13-25-14-19/h3-14,22H,2,15-16H2,1H3,(H,26,28)/t22-/m0/s1. The Morgan fingerprint density at radius 3 is 2.48 bits per heavy atom. The first-order valence-corrected chi connectivity index (χ1v) is 9.81. The van der Waals surface area contributed by atoms with E-state index in [0.717, 1.165) is 23.1 Å². The highest BCUT2D eigenvalue weighted by molar-refractivity contribution is 6.04. The van der Waals surface area contributed by atoms with Gasteiger partial charge in [-0.3, -0.25) is 14.6 Å². The van der Waals surface area contributed by atoms with Gasteiger partial charge in [0.1, 0.15) is 6.04 Å². The lowest BCUT2D eigenvalue weighted by Gasteiger charge is -2.25. The molecule has 0 radical (unpaired) electrons. The zero-order valence-electron chi connectivity index (χ0n) is 16.3. The van der Waals surface area contributed by atoms with Crippen molar-refractivity contribution in [2.24, 2.45) is 0 Å². The second-order valence-electron chi connectivity index (χ2n) is 7.17. The van der Waals surface area contributed by atoms with Gasteiger partial charge in [0.2, 0.25) is 5.91 Å². The first-order valence-electron chi connectivity index (χ1n) is 9.81. The number of hydrogen-bond acceptors (Lipinski definition) is 3. The maximum atomic E-state index is 13.1.